The molecule has 0 aliphatic carbocycles. The van der Waals surface area contributed by atoms with E-state index in [1.54, 1.807) is 0 Å². The molecule has 0 bridgehead atoms. The van der Waals surface area contributed by atoms with Gasteiger partial charge in [-0.3, -0.25) is 4.79 Å². The summed E-state index contributed by atoms with van der Waals surface area (Å²) >= 11 is 0. The summed E-state index contributed by atoms with van der Waals surface area (Å²) in [7, 11) is 0. The summed E-state index contributed by atoms with van der Waals surface area (Å²) in [5.41, 5.74) is 0. The molecule has 122 valence electrons. The minimum absolute atomic E-state index is 0.0313. The van der Waals surface area contributed by atoms with E-state index in [0.717, 1.165) is 25.9 Å². The number of hydrogen-bond donors (Lipinski definition) is 1. The third-order valence-corrected chi connectivity index (χ3v) is 4.15. The third kappa shape index (κ3) is 5.30. The molecule has 0 saturated carbocycles. The first-order valence-corrected chi connectivity index (χ1v) is 7.93. The number of amides is 1. The van der Waals surface area contributed by atoms with Crippen LogP contribution >= 0.6 is 0 Å². The summed E-state index contributed by atoms with van der Waals surface area (Å²) in [6, 6.07) is 6.26. The van der Waals surface area contributed by atoms with E-state index in [1.807, 2.05) is 0 Å². The number of likely N-dealkylation sites (tertiary alicyclic amines) is 1. The van der Waals surface area contributed by atoms with Gasteiger partial charge < -0.3 is 15.0 Å². The standard InChI is InChI=1S/C17H25FN2O2/c1-13(2)20-9-7-14(8-10-20)11-19-17(21)12-22-16-5-3-15(18)4-6-16/h3-6,13-14H,7-12H2,1-2H3,(H,19,21). The van der Waals surface area contributed by atoms with Crippen LogP contribution in [0.3, 0.4) is 0 Å². The van der Waals surface area contributed by atoms with Gasteiger partial charge in [-0.25, -0.2) is 4.39 Å². The van der Waals surface area contributed by atoms with Crippen LogP contribution in [0.25, 0.3) is 0 Å². The fourth-order valence-corrected chi connectivity index (χ4v) is 2.66. The largest absolute Gasteiger partial charge is 0.484 e. The van der Waals surface area contributed by atoms with Gasteiger partial charge in [0.15, 0.2) is 6.61 Å². The van der Waals surface area contributed by atoms with E-state index in [-0.39, 0.29) is 18.3 Å². The van der Waals surface area contributed by atoms with Crippen LogP contribution in [-0.2, 0) is 4.79 Å². The van der Waals surface area contributed by atoms with Crippen molar-refractivity contribution < 1.29 is 13.9 Å². The van der Waals surface area contributed by atoms with E-state index >= 15 is 0 Å². The molecule has 1 heterocycles. The molecule has 2 rings (SSSR count). The molecule has 0 unspecified atom stereocenters. The monoisotopic (exact) mass is 308 g/mol. The molecule has 0 spiro atoms. The van der Waals surface area contributed by atoms with Crippen molar-refractivity contribution >= 4 is 5.91 Å². The number of ether oxygens (including phenoxy) is 1. The molecular formula is C17H25FN2O2. The lowest BCUT2D eigenvalue weighted by atomic mass is 9.96. The average Bonchev–Trinajstić information content (AvgIpc) is 2.52. The molecule has 0 atom stereocenters. The Morgan fingerprint density at radius 2 is 1.95 bits per heavy atom. The molecule has 1 aliphatic heterocycles. The highest BCUT2D eigenvalue weighted by Crippen LogP contribution is 2.18. The Balaban J connectivity index is 1.63. The molecular weight excluding hydrogens is 283 g/mol. The summed E-state index contributed by atoms with van der Waals surface area (Å²) in [4.78, 5) is 14.2. The van der Waals surface area contributed by atoms with Crippen molar-refractivity contribution in [1.29, 1.82) is 0 Å². The normalized spacial score (nSPS) is 16.7. The maximum absolute atomic E-state index is 12.8. The highest BCUT2D eigenvalue weighted by atomic mass is 19.1. The van der Waals surface area contributed by atoms with Crippen molar-refractivity contribution in [2.75, 3.05) is 26.2 Å². The Bertz CT molecular complexity index is 468. The van der Waals surface area contributed by atoms with E-state index in [2.05, 4.69) is 24.1 Å². The van der Waals surface area contributed by atoms with Crippen molar-refractivity contribution in [2.45, 2.75) is 32.7 Å². The number of nitrogens with one attached hydrogen (secondary N) is 1. The molecule has 0 aromatic heterocycles. The molecule has 5 heteroatoms. The van der Waals surface area contributed by atoms with Gasteiger partial charge in [0, 0.05) is 12.6 Å². The summed E-state index contributed by atoms with van der Waals surface area (Å²) in [5, 5.41) is 2.92. The third-order valence-electron chi connectivity index (χ3n) is 4.15. The van der Waals surface area contributed by atoms with Crippen molar-refractivity contribution in [2.24, 2.45) is 5.92 Å². The molecule has 1 aromatic rings. The van der Waals surface area contributed by atoms with E-state index in [0.29, 0.717) is 24.3 Å². The topological polar surface area (TPSA) is 41.6 Å². The Hall–Kier alpha value is -1.62. The fraction of sp³-hybridized carbons (Fsp3) is 0.588. The minimum atomic E-state index is -0.315. The van der Waals surface area contributed by atoms with E-state index in [4.69, 9.17) is 4.74 Å². The molecule has 1 N–H and O–H groups in total. The van der Waals surface area contributed by atoms with Crippen molar-refractivity contribution in [3.63, 3.8) is 0 Å². The second-order valence-corrected chi connectivity index (χ2v) is 6.12. The fourth-order valence-electron chi connectivity index (χ4n) is 2.66. The number of halogens is 1. The zero-order chi connectivity index (χ0) is 15.9. The number of carbonyl (C=O) groups is 1. The summed E-state index contributed by atoms with van der Waals surface area (Å²) in [6.45, 7) is 7.31. The Labute approximate surface area is 131 Å². The SMILES string of the molecule is CC(C)N1CCC(CNC(=O)COc2ccc(F)cc2)CC1. The number of carbonyl (C=O) groups excluding carboxylic acids is 1. The number of nitrogens with zero attached hydrogens (tertiary/aromatic N) is 1. The number of piperidine rings is 1. The van der Waals surface area contributed by atoms with Crippen LogP contribution in [0.2, 0.25) is 0 Å². The maximum atomic E-state index is 12.8. The average molecular weight is 308 g/mol. The van der Waals surface area contributed by atoms with Crippen LogP contribution in [0.4, 0.5) is 4.39 Å². The second-order valence-electron chi connectivity index (χ2n) is 6.12. The predicted molar refractivity (Wildman–Crippen MR) is 84.3 cm³/mol. The smallest absolute Gasteiger partial charge is 0.257 e. The molecule has 4 nitrogen and oxygen atoms in total. The Morgan fingerprint density at radius 3 is 2.55 bits per heavy atom. The quantitative estimate of drug-likeness (QED) is 0.877. The lowest BCUT2D eigenvalue weighted by Gasteiger charge is -2.34. The lowest BCUT2D eigenvalue weighted by molar-refractivity contribution is -0.123. The molecule has 1 saturated heterocycles. The summed E-state index contributed by atoms with van der Waals surface area (Å²) in [5.74, 6) is 0.603. The minimum Gasteiger partial charge on any atom is -0.484 e. The first kappa shape index (κ1) is 16.7. The van der Waals surface area contributed by atoms with Gasteiger partial charge in [0.05, 0.1) is 0 Å². The van der Waals surface area contributed by atoms with Crippen LogP contribution in [0, 0.1) is 11.7 Å². The highest BCUT2D eigenvalue weighted by Gasteiger charge is 2.21. The van der Waals surface area contributed by atoms with E-state index < -0.39 is 0 Å². The summed E-state index contributed by atoms with van der Waals surface area (Å²) in [6.07, 6.45) is 2.24. The maximum Gasteiger partial charge on any atom is 0.257 e. The van der Waals surface area contributed by atoms with Crippen LogP contribution in [-0.4, -0.2) is 43.1 Å². The van der Waals surface area contributed by atoms with Crippen LogP contribution < -0.4 is 10.1 Å². The van der Waals surface area contributed by atoms with Gasteiger partial charge in [0.2, 0.25) is 0 Å². The van der Waals surface area contributed by atoms with Gasteiger partial charge in [0.25, 0.3) is 5.91 Å². The first-order valence-electron chi connectivity index (χ1n) is 7.93. The van der Waals surface area contributed by atoms with Gasteiger partial charge in [-0.2, -0.15) is 0 Å². The van der Waals surface area contributed by atoms with Gasteiger partial charge in [-0.15, -0.1) is 0 Å². The Kier molecular flexibility index (Phi) is 6.19. The van der Waals surface area contributed by atoms with E-state index in [1.165, 1.54) is 24.3 Å². The molecule has 1 fully saturated rings. The lowest BCUT2D eigenvalue weighted by Crippen LogP contribution is -2.42. The Morgan fingerprint density at radius 1 is 1.32 bits per heavy atom. The van der Waals surface area contributed by atoms with Crippen molar-refractivity contribution in [1.82, 2.24) is 10.2 Å². The molecule has 1 aromatic carbocycles. The summed E-state index contributed by atoms with van der Waals surface area (Å²) < 4.78 is 18.1. The van der Waals surface area contributed by atoms with Gasteiger partial charge in [-0.05, 0) is 70.0 Å². The van der Waals surface area contributed by atoms with Crippen LogP contribution in [0.15, 0.2) is 24.3 Å². The first-order chi connectivity index (χ1) is 10.5. The van der Waals surface area contributed by atoms with Crippen LogP contribution in [0.5, 0.6) is 5.75 Å². The zero-order valence-corrected chi connectivity index (χ0v) is 13.3. The van der Waals surface area contributed by atoms with Gasteiger partial charge in [0.1, 0.15) is 11.6 Å². The number of rotatable bonds is 6. The zero-order valence-electron chi connectivity index (χ0n) is 13.3. The van der Waals surface area contributed by atoms with Gasteiger partial charge >= 0.3 is 0 Å². The van der Waals surface area contributed by atoms with Gasteiger partial charge in [-0.1, -0.05) is 0 Å². The highest BCUT2D eigenvalue weighted by molar-refractivity contribution is 5.77. The second kappa shape index (κ2) is 8.13. The van der Waals surface area contributed by atoms with Crippen molar-refractivity contribution in [3.8, 4) is 5.75 Å². The molecule has 1 amide bonds. The number of benzene rings is 1. The van der Waals surface area contributed by atoms with E-state index in [9.17, 15) is 9.18 Å². The van der Waals surface area contributed by atoms with Crippen LogP contribution in [0.1, 0.15) is 26.7 Å². The number of hydrogen-bond acceptors (Lipinski definition) is 3. The van der Waals surface area contributed by atoms with Crippen molar-refractivity contribution in [3.05, 3.63) is 30.1 Å². The predicted octanol–water partition coefficient (Wildman–Crippen LogP) is 2.44. The molecule has 22 heavy (non-hydrogen) atoms. The molecule has 1 aliphatic rings. The molecule has 0 radical (unpaired) electrons.